The molecule has 0 saturated heterocycles. The molecule has 1 heterocycles. The summed E-state index contributed by atoms with van der Waals surface area (Å²) in [6.07, 6.45) is 4.29. The molecule has 0 bridgehead atoms. The summed E-state index contributed by atoms with van der Waals surface area (Å²) >= 11 is 1.83. The zero-order valence-electron chi connectivity index (χ0n) is 19.7. The van der Waals surface area contributed by atoms with Crippen LogP contribution < -0.4 is 9.04 Å². The Kier molecular flexibility index (Phi) is 12.2. The molecule has 1 aromatic carbocycles. The maximum Gasteiger partial charge on any atom is 0.160 e. The van der Waals surface area contributed by atoms with Crippen LogP contribution in [0.1, 0.15) is 39.3 Å². The number of ketones is 1. The molecule has 0 aliphatic heterocycles. The van der Waals surface area contributed by atoms with Crippen LogP contribution in [0.4, 0.5) is 5.69 Å². The van der Waals surface area contributed by atoms with Crippen LogP contribution >= 0.6 is 11.9 Å². The first-order valence-electron chi connectivity index (χ1n) is 11.2. The first kappa shape index (κ1) is 26.2. The molecule has 0 radical (unpaired) electrons. The minimum Gasteiger partial charge on any atom is -0.487 e. The Morgan fingerprint density at radius 2 is 1.91 bits per heavy atom. The summed E-state index contributed by atoms with van der Waals surface area (Å²) in [5, 5.41) is 8.24. The lowest BCUT2D eigenvalue weighted by atomic mass is 10.1. The Labute approximate surface area is 195 Å². The molecule has 0 aliphatic rings. The number of rotatable bonds is 17. The highest BCUT2D eigenvalue weighted by molar-refractivity contribution is 8.00. The van der Waals surface area contributed by atoms with E-state index in [4.69, 9.17) is 14.2 Å². The maximum absolute atomic E-state index is 11.5. The molecule has 8 nitrogen and oxygen atoms in total. The number of anilines is 1. The molecule has 178 valence electrons. The van der Waals surface area contributed by atoms with E-state index >= 15 is 0 Å². The van der Waals surface area contributed by atoms with Crippen LogP contribution in [0.5, 0.6) is 5.75 Å². The van der Waals surface area contributed by atoms with Gasteiger partial charge in [0.2, 0.25) is 0 Å². The summed E-state index contributed by atoms with van der Waals surface area (Å²) in [6, 6.07) is 8.07. The van der Waals surface area contributed by atoms with Gasteiger partial charge >= 0.3 is 0 Å². The van der Waals surface area contributed by atoms with E-state index < -0.39 is 0 Å². The van der Waals surface area contributed by atoms with Gasteiger partial charge in [-0.25, -0.2) is 4.68 Å². The van der Waals surface area contributed by atoms with Crippen molar-refractivity contribution in [1.29, 1.82) is 0 Å². The second-order valence-corrected chi connectivity index (χ2v) is 8.94. The van der Waals surface area contributed by atoms with E-state index in [9.17, 15) is 4.79 Å². The van der Waals surface area contributed by atoms with Gasteiger partial charge in [0.15, 0.2) is 5.78 Å². The summed E-state index contributed by atoms with van der Waals surface area (Å²) in [6.45, 7) is 8.37. The lowest BCUT2D eigenvalue weighted by Gasteiger charge is -2.18. The molecule has 0 atom stereocenters. The third-order valence-electron chi connectivity index (χ3n) is 4.68. The standard InChI is InChI=1S/C23H36N4O4S/c1-5-6-15-32-26(4)21-7-9-22(10-8-21)31-17-20-16-27(25-24-20)11-12-29-13-14-30-18-23(28)19(2)3/h7-10,16,19H,5-6,11-15,17-18H2,1-4H3. The fourth-order valence-electron chi connectivity index (χ4n) is 2.56. The molecule has 2 aromatic rings. The molecule has 0 amide bonds. The zero-order chi connectivity index (χ0) is 23.2. The quantitative estimate of drug-likeness (QED) is 0.257. The molecule has 9 heteroatoms. The van der Waals surface area contributed by atoms with Gasteiger partial charge in [0.05, 0.1) is 32.6 Å². The average molecular weight is 465 g/mol. The number of nitrogens with zero attached hydrogens (tertiary/aromatic N) is 4. The van der Waals surface area contributed by atoms with Gasteiger partial charge in [0.25, 0.3) is 0 Å². The minimum atomic E-state index is 0.00176. The van der Waals surface area contributed by atoms with E-state index in [1.807, 2.05) is 44.1 Å². The number of unbranched alkanes of at least 4 members (excludes halogenated alkanes) is 1. The molecule has 0 aliphatic carbocycles. The summed E-state index contributed by atoms with van der Waals surface area (Å²) < 4.78 is 20.6. The van der Waals surface area contributed by atoms with Gasteiger partial charge in [-0.1, -0.05) is 44.4 Å². The summed E-state index contributed by atoms with van der Waals surface area (Å²) in [7, 11) is 2.08. The molecule has 0 fully saturated rings. The predicted octanol–water partition coefficient (Wildman–Crippen LogP) is 4.00. The minimum absolute atomic E-state index is 0.00176. The highest BCUT2D eigenvalue weighted by Crippen LogP contribution is 2.24. The van der Waals surface area contributed by atoms with Gasteiger partial charge < -0.3 is 18.5 Å². The lowest BCUT2D eigenvalue weighted by Crippen LogP contribution is -2.17. The molecule has 0 N–H and O–H groups in total. The predicted molar refractivity (Wildman–Crippen MR) is 128 cm³/mol. The van der Waals surface area contributed by atoms with Crippen molar-refractivity contribution in [3.63, 3.8) is 0 Å². The monoisotopic (exact) mass is 464 g/mol. The Hall–Kier alpha value is -2.10. The Morgan fingerprint density at radius 3 is 2.62 bits per heavy atom. The van der Waals surface area contributed by atoms with Crippen LogP contribution in [-0.2, 0) is 27.4 Å². The van der Waals surface area contributed by atoms with Crippen LogP contribution in [-0.4, -0.2) is 60.0 Å². The third kappa shape index (κ3) is 10.0. The third-order valence-corrected chi connectivity index (χ3v) is 5.75. The van der Waals surface area contributed by atoms with Gasteiger partial charge in [-0.2, -0.15) is 0 Å². The highest BCUT2D eigenvalue weighted by atomic mass is 32.2. The van der Waals surface area contributed by atoms with Crippen molar-refractivity contribution < 1.29 is 19.0 Å². The molecule has 0 saturated carbocycles. The number of Topliss-reactive ketones (excluding diaryl/α,β-unsaturated/α-hetero) is 1. The number of aromatic nitrogens is 3. The SMILES string of the molecule is CCCCSN(C)c1ccc(OCc2cn(CCOCCOCC(=O)C(C)C)nn2)cc1. The van der Waals surface area contributed by atoms with E-state index in [1.54, 1.807) is 4.68 Å². The fraction of sp³-hybridized carbons (Fsp3) is 0.609. The van der Waals surface area contributed by atoms with Gasteiger partial charge in [-0.15, -0.1) is 5.10 Å². The Morgan fingerprint density at radius 1 is 1.16 bits per heavy atom. The average Bonchev–Trinajstić information content (AvgIpc) is 3.25. The normalized spacial score (nSPS) is 11.2. The smallest absolute Gasteiger partial charge is 0.160 e. The number of hydrogen-bond acceptors (Lipinski definition) is 8. The highest BCUT2D eigenvalue weighted by Gasteiger charge is 2.07. The number of carbonyl (C=O) groups is 1. The molecule has 0 spiro atoms. The molecular formula is C23H36N4O4S. The van der Waals surface area contributed by atoms with Crippen molar-refractivity contribution in [2.75, 3.05) is 43.5 Å². The van der Waals surface area contributed by atoms with E-state index in [-0.39, 0.29) is 18.3 Å². The second kappa shape index (κ2) is 14.9. The van der Waals surface area contributed by atoms with Crippen LogP contribution in [0, 0.1) is 5.92 Å². The largest absolute Gasteiger partial charge is 0.487 e. The van der Waals surface area contributed by atoms with Gasteiger partial charge in [0.1, 0.15) is 24.7 Å². The molecule has 0 unspecified atom stereocenters. The zero-order valence-corrected chi connectivity index (χ0v) is 20.5. The molecular weight excluding hydrogens is 428 g/mol. The van der Waals surface area contributed by atoms with E-state index in [2.05, 4.69) is 40.7 Å². The lowest BCUT2D eigenvalue weighted by molar-refractivity contribution is -0.127. The summed E-state index contributed by atoms with van der Waals surface area (Å²) in [5.41, 5.74) is 1.91. The molecule has 32 heavy (non-hydrogen) atoms. The number of benzene rings is 1. The second-order valence-electron chi connectivity index (χ2n) is 7.73. The number of ether oxygens (including phenoxy) is 3. The van der Waals surface area contributed by atoms with Crippen LogP contribution in [0.25, 0.3) is 0 Å². The summed E-state index contributed by atoms with van der Waals surface area (Å²) in [5.74, 6) is 2.03. The number of hydrogen-bond donors (Lipinski definition) is 0. The van der Waals surface area contributed by atoms with Crippen molar-refractivity contribution in [3.8, 4) is 5.75 Å². The van der Waals surface area contributed by atoms with Gasteiger partial charge in [-0.3, -0.25) is 4.79 Å². The first-order chi connectivity index (χ1) is 15.5. The number of carbonyl (C=O) groups excluding carboxylic acids is 1. The van der Waals surface area contributed by atoms with Crippen molar-refractivity contribution in [2.45, 2.75) is 46.8 Å². The van der Waals surface area contributed by atoms with Crippen LogP contribution in [0.3, 0.4) is 0 Å². The van der Waals surface area contributed by atoms with Gasteiger partial charge in [-0.05, 0) is 30.7 Å². The van der Waals surface area contributed by atoms with Crippen molar-refractivity contribution >= 4 is 23.4 Å². The van der Waals surface area contributed by atoms with E-state index in [0.717, 1.165) is 22.9 Å². The first-order valence-corrected chi connectivity index (χ1v) is 12.1. The van der Waals surface area contributed by atoms with Crippen molar-refractivity contribution in [1.82, 2.24) is 15.0 Å². The molecule has 2 rings (SSSR count). The Balaban J connectivity index is 1.61. The van der Waals surface area contributed by atoms with E-state index in [1.165, 1.54) is 12.8 Å². The van der Waals surface area contributed by atoms with Crippen molar-refractivity contribution in [2.24, 2.45) is 5.92 Å². The fourth-order valence-corrected chi connectivity index (χ4v) is 3.52. The van der Waals surface area contributed by atoms with Crippen LogP contribution in [0.15, 0.2) is 30.5 Å². The van der Waals surface area contributed by atoms with E-state index in [0.29, 0.717) is 33.0 Å². The van der Waals surface area contributed by atoms with Crippen molar-refractivity contribution in [3.05, 3.63) is 36.2 Å². The van der Waals surface area contributed by atoms with Crippen LogP contribution in [0.2, 0.25) is 0 Å². The topological polar surface area (TPSA) is 78.7 Å². The summed E-state index contributed by atoms with van der Waals surface area (Å²) in [4.78, 5) is 11.5. The molecule has 1 aromatic heterocycles. The Bertz CT molecular complexity index is 783. The van der Waals surface area contributed by atoms with Gasteiger partial charge in [0, 0.05) is 24.4 Å². The maximum atomic E-state index is 11.5.